The Hall–Kier alpha value is -0.290. The van der Waals surface area contributed by atoms with Gasteiger partial charge in [-0.2, -0.15) is 13.2 Å². The van der Waals surface area contributed by atoms with Gasteiger partial charge in [-0.15, -0.1) is 0 Å². The van der Waals surface area contributed by atoms with Gasteiger partial charge in [-0.25, -0.2) is 0 Å². The van der Waals surface area contributed by atoms with Crippen LogP contribution in [-0.2, 0) is 0 Å². The highest BCUT2D eigenvalue weighted by Gasteiger charge is 2.53. The van der Waals surface area contributed by atoms with Gasteiger partial charge in [-0.3, -0.25) is 0 Å². The Labute approximate surface area is 76.2 Å². The summed E-state index contributed by atoms with van der Waals surface area (Å²) in [6.45, 7) is 0. The number of rotatable bonds is 0. The summed E-state index contributed by atoms with van der Waals surface area (Å²) in [4.78, 5) is 0. The van der Waals surface area contributed by atoms with Gasteiger partial charge < -0.3 is 5.73 Å². The molecular weight excluding hydrogens is 235 g/mol. The van der Waals surface area contributed by atoms with Gasteiger partial charge in [0, 0.05) is 4.48 Å². The summed E-state index contributed by atoms with van der Waals surface area (Å²) in [7, 11) is 0. The van der Waals surface area contributed by atoms with Crippen molar-refractivity contribution >= 4 is 15.9 Å². The number of alkyl halides is 3. The molecule has 0 aromatic rings. The Morgan fingerprint density at radius 2 is 2.08 bits per heavy atom. The van der Waals surface area contributed by atoms with Gasteiger partial charge in [0.25, 0.3) is 0 Å². The van der Waals surface area contributed by atoms with Crippen molar-refractivity contribution in [2.75, 3.05) is 0 Å². The Kier molecular flexibility index (Phi) is 2.35. The Morgan fingerprint density at radius 3 is 2.42 bits per heavy atom. The van der Waals surface area contributed by atoms with E-state index in [1.165, 1.54) is 12.2 Å². The van der Waals surface area contributed by atoms with E-state index in [-0.39, 0.29) is 10.9 Å². The van der Waals surface area contributed by atoms with E-state index in [1.807, 2.05) is 0 Å². The highest BCUT2D eigenvalue weighted by molar-refractivity contribution is 9.11. The molecule has 0 radical (unpaired) electrons. The number of hydrogen-bond donors (Lipinski definition) is 1. The lowest BCUT2D eigenvalue weighted by Crippen LogP contribution is -2.53. The molecule has 1 rings (SSSR count). The molecule has 1 aliphatic carbocycles. The summed E-state index contributed by atoms with van der Waals surface area (Å²) in [6, 6.07) is 0. The molecule has 0 aromatic carbocycles. The maximum atomic E-state index is 12.3. The minimum atomic E-state index is -4.41. The second-order valence-corrected chi connectivity index (χ2v) is 3.47. The van der Waals surface area contributed by atoms with Gasteiger partial charge in [0.1, 0.15) is 5.54 Å². The molecule has 0 saturated carbocycles. The molecule has 1 unspecified atom stereocenters. The molecule has 2 N–H and O–H groups in total. The number of hydrogen-bond acceptors (Lipinski definition) is 1. The van der Waals surface area contributed by atoms with Gasteiger partial charge in [-0.05, 0) is 6.42 Å². The topological polar surface area (TPSA) is 26.0 Å². The Bertz CT molecular complexity index is 244. The minimum Gasteiger partial charge on any atom is -0.313 e. The zero-order valence-corrected chi connectivity index (χ0v) is 7.61. The summed E-state index contributed by atoms with van der Waals surface area (Å²) >= 11 is 2.81. The molecule has 68 valence electrons. The highest BCUT2D eigenvalue weighted by atomic mass is 79.9. The fourth-order valence-electron chi connectivity index (χ4n) is 0.904. The number of halogens is 4. The lowest BCUT2D eigenvalue weighted by Gasteiger charge is -2.32. The maximum absolute atomic E-state index is 12.3. The molecule has 0 bridgehead atoms. The van der Waals surface area contributed by atoms with Gasteiger partial charge in [0.2, 0.25) is 0 Å². The Balaban J connectivity index is 3.01. The van der Waals surface area contributed by atoms with Crippen molar-refractivity contribution in [3.8, 4) is 0 Å². The summed E-state index contributed by atoms with van der Waals surface area (Å²) in [6.07, 6.45) is -0.364. The van der Waals surface area contributed by atoms with Crippen LogP contribution in [0.4, 0.5) is 13.2 Å². The Morgan fingerprint density at radius 1 is 1.50 bits per heavy atom. The molecule has 0 aliphatic heterocycles. The molecule has 1 atom stereocenters. The van der Waals surface area contributed by atoms with E-state index in [9.17, 15) is 13.2 Å². The molecule has 0 saturated heterocycles. The van der Waals surface area contributed by atoms with Gasteiger partial charge in [-0.1, -0.05) is 34.2 Å². The third-order valence-electron chi connectivity index (χ3n) is 1.75. The zero-order chi connectivity index (χ0) is 9.41. The van der Waals surface area contributed by atoms with E-state index < -0.39 is 11.7 Å². The molecule has 1 nitrogen and oxygen atoms in total. The van der Waals surface area contributed by atoms with E-state index in [4.69, 9.17) is 5.73 Å². The van der Waals surface area contributed by atoms with Crippen LogP contribution in [0.25, 0.3) is 0 Å². The number of allylic oxidation sites excluding steroid dienone is 2. The van der Waals surface area contributed by atoms with Crippen molar-refractivity contribution in [2.45, 2.75) is 18.1 Å². The first-order valence-corrected chi connectivity index (χ1v) is 4.05. The predicted molar refractivity (Wildman–Crippen MR) is 43.7 cm³/mol. The zero-order valence-electron chi connectivity index (χ0n) is 6.03. The standard InChI is InChI=1S/C7H7BrF3N/c8-5-3-1-2-4-6(5,12)7(9,10)11/h1-3H,4,12H2. The summed E-state index contributed by atoms with van der Waals surface area (Å²) in [5.41, 5.74) is 2.95. The quantitative estimate of drug-likeness (QED) is 0.693. The number of nitrogens with two attached hydrogens (primary N) is 1. The first kappa shape index (κ1) is 9.80. The smallest absolute Gasteiger partial charge is 0.313 e. The predicted octanol–water partition coefficient (Wildman–Crippen LogP) is 2.48. The molecule has 0 spiro atoms. The average Bonchev–Trinajstić information content (AvgIpc) is 1.93. The van der Waals surface area contributed by atoms with E-state index in [1.54, 1.807) is 6.08 Å². The van der Waals surface area contributed by atoms with Crippen molar-refractivity contribution in [3.63, 3.8) is 0 Å². The fraction of sp³-hybridized carbons (Fsp3) is 0.429. The molecule has 0 heterocycles. The van der Waals surface area contributed by atoms with E-state index >= 15 is 0 Å². The normalized spacial score (nSPS) is 30.2. The van der Waals surface area contributed by atoms with E-state index in [0.717, 1.165) is 0 Å². The largest absolute Gasteiger partial charge is 0.411 e. The van der Waals surface area contributed by atoms with Crippen LogP contribution in [-0.4, -0.2) is 11.7 Å². The van der Waals surface area contributed by atoms with Crippen molar-refractivity contribution in [1.29, 1.82) is 0 Å². The fourth-order valence-corrected chi connectivity index (χ4v) is 1.44. The van der Waals surface area contributed by atoms with Crippen LogP contribution in [0.2, 0.25) is 0 Å². The first-order valence-electron chi connectivity index (χ1n) is 3.26. The van der Waals surface area contributed by atoms with E-state index in [2.05, 4.69) is 15.9 Å². The second kappa shape index (κ2) is 2.88. The van der Waals surface area contributed by atoms with Crippen LogP contribution < -0.4 is 5.73 Å². The third kappa shape index (κ3) is 1.43. The molecular formula is C7H7BrF3N. The highest BCUT2D eigenvalue weighted by Crippen LogP contribution is 2.41. The summed E-state index contributed by atoms with van der Waals surface area (Å²) in [5, 5.41) is 0. The van der Waals surface area contributed by atoms with Gasteiger partial charge >= 0.3 is 6.18 Å². The summed E-state index contributed by atoms with van der Waals surface area (Å²) in [5.74, 6) is 0. The van der Waals surface area contributed by atoms with Crippen LogP contribution in [0.5, 0.6) is 0 Å². The first-order chi connectivity index (χ1) is 5.38. The average molecular weight is 242 g/mol. The van der Waals surface area contributed by atoms with Crippen LogP contribution >= 0.6 is 15.9 Å². The van der Waals surface area contributed by atoms with Gasteiger partial charge in [0.15, 0.2) is 0 Å². The minimum absolute atomic E-state index is 0.0231. The van der Waals surface area contributed by atoms with Crippen LogP contribution in [0.1, 0.15) is 6.42 Å². The molecule has 0 fully saturated rings. The lowest BCUT2D eigenvalue weighted by molar-refractivity contribution is -0.171. The maximum Gasteiger partial charge on any atom is 0.411 e. The SMILES string of the molecule is NC1(C(F)(F)F)CC=CC=C1Br. The van der Waals surface area contributed by atoms with Crippen molar-refractivity contribution in [1.82, 2.24) is 0 Å². The molecule has 0 aromatic heterocycles. The molecule has 1 aliphatic rings. The van der Waals surface area contributed by atoms with Gasteiger partial charge in [0.05, 0.1) is 0 Å². The van der Waals surface area contributed by atoms with Crippen LogP contribution in [0.3, 0.4) is 0 Å². The van der Waals surface area contributed by atoms with E-state index in [0.29, 0.717) is 0 Å². The lowest BCUT2D eigenvalue weighted by atomic mass is 9.92. The molecule has 5 heteroatoms. The second-order valence-electron chi connectivity index (χ2n) is 2.62. The monoisotopic (exact) mass is 241 g/mol. The van der Waals surface area contributed by atoms with Crippen molar-refractivity contribution in [3.05, 3.63) is 22.7 Å². The van der Waals surface area contributed by atoms with Crippen LogP contribution in [0, 0.1) is 0 Å². The third-order valence-corrected chi connectivity index (χ3v) is 2.72. The van der Waals surface area contributed by atoms with Crippen molar-refractivity contribution in [2.24, 2.45) is 5.73 Å². The summed E-state index contributed by atoms with van der Waals surface area (Å²) < 4.78 is 37.0. The van der Waals surface area contributed by atoms with Crippen molar-refractivity contribution < 1.29 is 13.2 Å². The molecule has 0 amide bonds. The van der Waals surface area contributed by atoms with Crippen LogP contribution in [0.15, 0.2) is 22.7 Å². The molecule has 12 heavy (non-hydrogen) atoms.